The summed E-state index contributed by atoms with van der Waals surface area (Å²) in [6, 6.07) is 2.76. The first-order valence-corrected chi connectivity index (χ1v) is 6.27. The number of furan rings is 1. The van der Waals surface area contributed by atoms with Crippen molar-refractivity contribution in [3.63, 3.8) is 0 Å². The van der Waals surface area contributed by atoms with Gasteiger partial charge >= 0.3 is 0 Å². The zero-order chi connectivity index (χ0) is 11.2. The molecule has 1 fully saturated rings. The Morgan fingerprint density at radius 1 is 1.50 bits per heavy atom. The van der Waals surface area contributed by atoms with Gasteiger partial charge in [-0.05, 0) is 38.3 Å². The van der Waals surface area contributed by atoms with Crippen LogP contribution in [0, 0.1) is 0 Å². The second-order valence-electron chi connectivity index (χ2n) is 5.35. The quantitative estimate of drug-likeness (QED) is 0.781. The van der Waals surface area contributed by atoms with Crippen molar-refractivity contribution >= 4 is 0 Å². The van der Waals surface area contributed by atoms with E-state index in [0.717, 1.165) is 19.5 Å². The Labute approximate surface area is 96.8 Å². The zero-order valence-electron chi connectivity index (χ0n) is 10.1. The van der Waals surface area contributed by atoms with Crippen molar-refractivity contribution in [2.75, 3.05) is 19.6 Å². The Bertz CT molecular complexity index is 385. The Morgan fingerprint density at radius 3 is 3.12 bits per heavy atom. The second kappa shape index (κ2) is 3.60. The monoisotopic (exact) mass is 220 g/mol. The van der Waals surface area contributed by atoms with Crippen LogP contribution in [0.3, 0.4) is 0 Å². The molecule has 0 amide bonds. The normalized spacial score (nSPS) is 30.2. The molecular formula is C13H20N2O. The van der Waals surface area contributed by atoms with Crippen molar-refractivity contribution in [2.45, 2.75) is 38.3 Å². The second-order valence-corrected chi connectivity index (χ2v) is 5.35. The van der Waals surface area contributed by atoms with Gasteiger partial charge in [0.2, 0.25) is 0 Å². The molecule has 2 aliphatic heterocycles. The maximum Gasteiger partial charge on any atom is 0.128 e. The van der Waals surface area contributed by atoms with Gasteiger partial charge in [0.1, 0.15) is 5.76 Å². The summed E-state index contributed by atoms with van der Waals surface area (Å²) in [6.07, 6.45) is 4.12. The van der Waals surface area contributed by atoms with Gasteiger partial charge in [-0.3, -0.25) is 4.90 Å². The summed E-state index contributed by atoms with van der Waals surface area (Å²) in [7, 11) is 0. The average Bonchev–Trinajstić information content (AvgIpc) is 2.86. The molecule has 0 aliphatic carbocycles. The van der Waals surface area contributed by atoms with Gasteiger partial charge in [0.25, 0.3) is 0 Å². The molecule has 3 heterocycles. The first-order chi connectivity index (χ1) is 7.71. The minimum Gasteiger partial charge on any atom is -0.467 e. The highest BCUT2D eigenvalue weighted by Gasteiger charge is 2.45. The van der Waals surface area contributed by atoms with Gasteiger partial charge < -0.3 is 9.73 Å². The highest BCUT2D eigenvalue weighted by atomic mass is 16.3. The van der Waals surface area contributed by atoms with Crippen LogP contribution in [-0.4, -0.2) is 30.6 Å². The van der Waals surface area contributed by atoms with Crippen LogP contribution in [-0.2, 0) is 12.0 Å². The van der Waals surface area contributed by atoms with E-state index in [9.17, 15) is 0 Å². The van der Waals surface area contributed by atoms with E-state index in [1.807, 2.05) is 6.26 Å². The number of rotatable bonds is 1. The van der Waals surface area contributed by atoms with E-state index in [1.54, 1.807) is 0 Å². The van der Waals surface area contributed by atoms with Crippen molar-refractivity contribution in [2.24, 2.45) is 0 Å². The van der Waals surface area contributed by atoms with Crippen molar-refractivity contribution in [1.82, 2.24) is 10.2 Å². The van der Waals surface area contributed by atoms with Crippen LogP contribution in [0.5, 0.6) is 0 Å². The molecule has 88 valence electrons. The first kappa shape index (κ1) is 10.4. The van der Waals surface area contributed by atoms with Gasteiger partial charge in [-0.25, -0.2) is 0 Å². The predicted molar refractivity (Wildman–Crippen MR) is 63.4 cm³/mol. The molecule has 0 radical (unpaired) electrons. The Morgan fingerprint density at radius 2 is 2.38 bits per heavy atom. The third-order valence-corrected chi connectivity index (χ3v) is 4.07. The number of hydrogen-bond acceptors (Lipinski definition) is 3. The van der Waals surface area contributed by atoms with E-state index in [-0.39, 0.29) is 5.54 Å². The van der Waals surface area contributed by atoms with Crippen molar-refractivity contribution in [3.05, 3.63) is 23.7 Å². The maximum absolute atomic E-state index is 5.73. The molecule has 1 atom stereocenters. The molecule has 0 saturated carbocycles. The Balaban J connectivity index is 1.92. The molecule has 1 N–H and O–H groups in total. The largest absolute Gasteiger partial charge is 0.467 e. The van der Waals surface area contributed by atoms with Gasteiger partial charge in [0, 0.05) is 25.7 Å². The molecule has 1 spiro atoms. The summed E-state index contributed by atoms with van der Waals surface area (Å²) in [6.45, 7) is 7.88. The summed E-state index contributed by atoms with van der Waals surface area (Å²) in [5.74, 6) is 1.20. The highest BCUT2D eigenvalue weighted by molar-refractivity contribution is 5.30. The minimum absolute atomic E-state index is 0.0986. The summed E-state index contributed by atoms with van der Waals surface area (Å²) >= 11 is 0. The van der Waals surface area contributed by atoms with Gasteiger partial charge in [-0.1, -0.05) is 0 Å². The number of likely N-dealkylation sites (tertiary alicyclic amines) is 1. The van der Waals surface area contributed by atoms with Crippen LogP contribution in [0.25, 0.3) is 0 Å². The zero-order valence-corrected chi connectivity index (χ0v) is 10.1. The number of hydrogen-bond donors (Lipinski definition) is 1. The SMILES string of the molecule is CC(C)N1CCC2(C1)NCCc1ccoc12. The molecular weight excluding hydrogens is 200 g/mol. The smallest absolute Gasteiger partial charge is 0.128 e. The van der Waals surface area contributed by atoms with Gasteiger partial charge in [-0.15, -0.1) is 0 Å². The standard InChI is InChI=1S/C13H20N2O/c1-10(2)15-7-5-13(9-15)12-11(3-6-14-13)4-8-16-12/h4,8,10,14H,3,5-7,9H2,1-2H3. The lowest BCUT2D eigenvalue weighted by molar-refractivity contribution is 0.213. The van der Waals surface area contributed by atoms with Crippen LogP contribution >= 0.6 is 0 Å². The van der Waals surface area contributed by atoms with Crippen LogP contribution in [0.4, 0.5) is 0 Å². The van der Waals surface area contributed by atoms with E-state index in [2.05, 4.69) is 30.1 Å². The van der Waals surface area contributed by atoms with Crippen LogP contribution < -0.4 is 5.32 Å². The predicted octanol–water partition coefficient (Wildman–Crippen LogP) is 1.73. The number of fused-ring (bicyclic) bond motifs is 2. The molecule has 2 aliphatic rings. The molecule has 0 bridgehead atoms. The molecule has 1 unspecified atom stereocenters. The molecule has 1 aromatic rings. The molecule has 3 rings (SSSR count). The van der Waals surface area contributed by atoms with E-state index in [0.29, 0.717) is 6.04 Å². The fourth-order valence-electron chi connectivity index (χ4n) is 3.08. The van der Waals surface area contributed by atoms with E-state index < -0.39 is 0 Å². The fraction of sp³-hybridized carbons (Fsp3) is 0.692. The van der Waals surface area contributed by atoms with Gasteiger partial charge in [-0.2, -0.15) is 0 Å². The van der Waals surface area contributed by atoms with Gasteiger partial charge in [0.15, 0.2) is 0 Å². The Kier molecular flexibility index (Phi) is 2.33. The van der Waals surface area contributed by atoms with Gasteiger partial charge in [0.05, 0.1) is 11.8 Å². The lowest BCUT2D eigenvalue weighted by Crippen LogP contribution is -2.49. The topological polar surface area (TPSA) is 28.4 Å². The summed E-state index contributed by atoms with van der Waals surface area (Å²) < 4.78 is 5.73. The molecule has 0 aromatic carbocycles. The molecule has 16 heavy (non-hydrogen) atoms. The van der Waals surface area contributed by atoms with Crippen molar-refractivity contribution < 1.29 is 4.42 Å². The molecule has 1 saturated heterocycles. The maximum atomic E-state index is 5.73. The highest BCUT2D eigenvalue weighted by Crippen LogP contribution is 2.37. The minimum atomic E-state index is 0.0986. The van der Waals surface area contributed by atoms with Crippen LogP contribution in [0.2, 0.25) is 0 Å². The molecule has 1 aromatic heterocycles. The number of nitrogens with zero attached hydrogens (tertiary/aromatic N) is 1. The van der Waals surface area contributed by atoms with E-state index in [1.165, 1.54) is 24.3 Å². The summed E-state index contributed by atoms with van der Waals surface area (Å²) in [5, 5.41) is 3.69. The fourth-order valence-corrected chi connectivity index (χ4v) is 3.08. The lowest BCUT2D eigenvalue weighted by atomic mass is 9.88. The third kappa shape index (κ3) is 1.42. The summed E-state index contributed by atoms with van der Waals surface area (Å²) in [5.41, 5.74) is 1.51. The van der Waals surface area contributed by atoms with Crippen LogP contribution in [0.1, 0.15) is 31.6 Å². The Hall–Kier alpha value is -0.800. The number of nitrogens with one attached hydrogen (secondary N) is 1. The van der Waals surface area contributed by atoms with E-state index >= 15 is 0 Å². The molecule has 3 nitrogen and oxygen atoms in total. The summed E-state index contributed by atoms with van der Waals surface area (Å²) in [4.78, 5) is 2.53. The third-order valence-electron chi connectivity index (χ3n) is 4.07. The molecule has 3 heteroatoms. The lowest BCUT2D eigenvalue weighted by Gasteiger charge is -2.34. The first-order valence-electron chi connectivity index (χ1n) is 6.27. The van der Waals surface area contributed by atoms with Crippen molar-refractivity contribution in [1.29, 1.82) is 0 Å². The van der Waals surface area contributed by atoms with Crippen LogP contribution in [0.15, 0.2) is 16.7 Å². The van der Waals surface area contributed by atoms with E-state index in [4.69, 9.17) is 4.42 Å². The average molecular weight is 220 g/mol. The van der Waals surface area contributed by atoms with Crippen molar-refractivity contribution in [3.8, 4) is 0 Å².